The molecule has 0 atom stereocenters. The highest BCUT2D eigenvalue weighted by Gasteiger charge is 1.99. The van der Waals surface area contributed by atoms with Gasteiger partial charge in [-0.15, -0.1) is 0 Å². The van der Waals surface area contributed by atoms with E-state index in [0.717, 1.165) is 22.6 Å². The first kappa shape index (κ1) is 15.4. The van der Waals surface area contributed by atoms with Crippen LogP contribution in [-0.2, 0) is 0 Å². The van der Waals surface area contributed by atoms with Crippen LogP contribution in [0.15, 0.2) is 42.5 Å². The van der Waals surface area contributed by atoms with Crippen molar-refractivity contribution >= 4 is 23.9 Å². The molecule has 2 rings (SSSR count). The molecule has 0 heterocycles. The average molecular weight is 298 g/mol. The fourth-order valence-corrected chi connectivity index (χ4v) is 1.94. The maximum absolute atomic E-state index is 10.8. The second kappa shape index (κ2) is 7.17. The molecule has 0 saturated heterocycles. The van der Waals surface area contributed by atoms with Crippen LogP contribution < -0.4 is 20.5 Å². The van der Waals surface area contributed by atoms with Crippen LogP contribution >= 0.6 is 0 Å². The molecule has 2 amide bonds. The molecule has 2 aromatic carbocycles. The number of amides is 2. The highest BCUT2D eigenvalue weighted by Crippen LogP contribution is 2.24. The summed E-state index contributed by atoms with van der Waals surface area (Å²) in [5.74, 6) is 1.47. The number of benzene rings is 2. The van der Waals surface area contributed by atoms with E-state index in [0.29, 0.717) is 5.69 Å². The number of nitrogens with one attached hydrogen (secondary N) is 1. The number of urea groups is 1. The SMILES string of the molecule is COc1cc(C=Cc2ccc(NC(N)=O)cc2)cc(OC)c1. The van der Waals surface area contributed by atoms with Gasteiger partial charge in [-0.05, 0) is 35.4 Å². The number of nitrogens with two attached hydrogens (primary N) is 1. The van der Waals surface area contributed by atoms with Gasteiger partial charge in [-0.1, -0.05) is 24.3 Å². The molecule has 0 fully saturated rings. The highest BCUT2D eigenvalue weighted by molar-refractivity contribution is 5.88. The Morgan fingerprint density at radius 1 is 0.955 bits per heavy atom. The Kier molecular flexibility index (Phi) is 5.03. The van der Waals surface area contributed by atoms with Crippen LogP contribution in [0.4, 0.5) is 10.5 Å². The van der Waals surface area contributed by atoms with E-state index < -0.39 is 6.03 Å². The highest BCUT2D eigenvalue weighted by atomic mass is 16.5. The van der Waals surface area contributed by atoms with Gasteiger partial charge in [0.1, 0.15) is 11.5 Å². The molecule has 0 unspecified atom stereocenters. The molecule has 22 heavy (non-hydrogen) atoms. The topological polar surface area (TPSA) is 73.6 Å². The largest absolute Gasteiger partial charge is 0.497 e. The standard InChI is InChI=1S/C17H18N2O3/c1-21-15-9-13(10-16(11-15)22-2)4-3-12-5-7-14(8-6-12)19-17(18)20/h3-11H,1-2H3,(H3,18,19,20). The first-order chi connectivity index (χ1) is 10.6. The minimum absolute atomic E-state index is 0.577. The van der Waals surface area contributed by atoms with Crippen LogP contribution in [0.3, 0.4) is 0 Å². The van der Waals surface area contributed by atoms with Crippen molar-refractivity contribution in [1.82, 2.24) is 0 Å². The summed E-state index contributed by atoms with van der Waals surface area (Å²) in [6, 6.07) is 12.4. The van der Waals surface area contributed by atoms with E-state index >= 15 is 0 Å². The molecule has 0 aliphatic rings. The number of primary amides is 1. The Morgan fingerprint density at radius 3 is 2.00 bits per heavy atom. The van der Waals surface area contributed by atoms with Gasteiger partial charge in [0.05, 0.1) is 14.2 Å². The van der Waals surface area contributed by atoms with Gasteiger partial charge in [0.25, 0.3) is 0 Å². The molecule has 0 radical (unpaired) electrons. The lowest BCUT2D eigenvalue weighted by molar-refractivity contribution is 0.259. The molecule has 2 aromatic rings. The van der Waals surface area contributed by atoms with Gasteiger partial charge >= 0.3 is 6.03 Å². The predicted molar refractivity (Wildman–Crippen MR) is 88.1 cm³/mol. The third kappa shape index (κ3) is 4.28. The molecule has 0 saturated carbocycles. The van der Waals surface area contributed by atoms with Crippen molar-refractivity contribution in [2.45, 2.75) is 0 Å². The molecule has 3 N–H and O–H groups in total. The summed E-state index contributed by atoms with van der Waals surface area (Å²) in [7, 11) is 3.24. The molecular weight excluding hydrogens is 280 g/mol. The van der Waals surface area contributed by atoms with E-state index in [1.54, 1.807) is 26.4 Å². The second-order valence-electron chi connectivity index (χ2n) is 4.59. The number of hydrogen-bond donors (Lipinski definition) is 2. The van der Waals surface area contributed by atoms with Crippen molar-refractivity contribution in [1.29, 1.82) is 0 Å². The van der Waals surface area contributed by atoms with Crippen LogP contribution in [-0.4, -0.2) is 20.3 Å². The third-order valence-corrected chi connectivity index (χ3v) is 3.02. The van der Waals surface area contributed by atoms with Gasteiger partial charge in [-0.3, -0.25) is 0 Å². The maximum atomic E-state index is 10.8. The van der Waals surface area contributed by atoms with Crippen molar-refractivity contribution < 1.29 is 14.3 Å². The minimum atomic E-state index is -0.577. The first-order valence-corrected chi connectivity index (χ1v) is 6.68. The van der Waals surface area contributed by atoms with Crippen molar-refractivity contribution in [3.05, 3.63) is 53.6 Å². The van der Waals surface area contributed by atoms with Gasteiger partial charge in [0.15, 0.2) is 0 Å². The van der Waals surface area contributed by atoms with Crippen molar-refractivity contribution in [2.24, 2.45) is 5.73 Å². The number of rotatable bonds is 5. The van der Waals surface area contributed by atoms with Gasteiger partial charge in [0, 0.05) is 11.8 Å². The summed E-state index contributed by atoms with van der Waals surface area (Å²) in [6.07, 6.45) is 3.92. The zero-order chi connectivity index (χ0) is 15.9. The molecule has 0 bridgehead atoms. The fraction of sp³-hybridized carbons (Fsp3) is 0.118. The Balaban J connectivity index is 2.15. The van der Waals surface area contributed by atoms with Crippen LogP contribution in [0.1, 0.15) is 11.1 Å². The van der Waals surface area contributed by atoms with Crippen LogP contribution in [0.25, 0.3) is 12.2 Å². The Labute approximate surface area is 129 Å². The summed E-state index contributed by atoms with van der Waals surface area (Å²) in [4.78, 5) is 10.8. The normalized spacial score (nSPS) is 10.5. The fourth-order valence-electron chi connectivity index (χ4n) is 1.94. The number of methoxy groups -OCH3 is 2. The number of ether oxygens (including phenoxy) is 2. The number of hydrogen-bond acceptors (Lipinski definition) is 3. The lowest BCUT2D eigenvalue weighted by Crippen LogP contribution is -2.19. The summed E-state index contributed by atoms with van der Waals surface area (Å²) >= 11 is 0. The quantitative estimate of drug-likeness (QED) is 0.831. The Hall–Kier alpha value is -2.95. The summed E-state index contributed by atoms with van der Waals surface area (Å²) in [5, 5.41) is 2.52. The minimum Gasteiger partial charge on any atom is -0.497 e. The zero-order valence-electron chi connectivity index (χ0n) is 12.5. The van der Waals surface area contributed by atoms with Gasteiger partial charge in [0.2, 0.25) is 0 Å². The summed E-state index contributed by atoms with van der Waals surface area (Å²) in [6.45, 7) is 0. The van der Waals surface area contributed by atoms with E-state index in [1.165, 1.54) is 0 Å². The maximum Gasteiger partial charge on any atom is 0.316 e. The van der Waals surface area contributed by atoms with Crippen LogP contribution in [0, 0.1) is 0 Å². The first-order valence-electron chi connectivity index (χ1n) is 6.68. The molecule has 5 heteroatoms. The van der Waals surface area contributed by atoms with Gasteiger partial charge in [-0.2, -0.15) is 0 Å². The predicted octanol–water partition coefficient (Wildman–Crippen LogP) is 3.36. The number of carbonyl (C=O) groups is 1. The van der Waals surface area contributed by atoms with Crippen molar-refractivity contribution in [2.75, 3.05) is 19.5 Å². The zero-order valence-corrected chi connectivity index (χ0v) is 12.5. The molecule has 0 aliphatic heterocycles. The van der Waals surface area contributed by atoms with Crippen molar-refractivity contribution in [3.63, 3.8) is 0 Å². The molecule has 5 nitrogen and oxygen atoms in total. The van der Waals surface area contributed by atoms with E-state index in [-0.39, 0.29) is 0 Å². The van der Waals surface area contributed by atoms with Crippen LogP contribution in [0.5, 0.6) is 11.5 Å². The van der Waals surface area contributed by atoms with Crippen LogP contribution in [0.2, 0.25) is 0 Å². The Morgan fingerprint density at radius 2 is 1.50 bits per heavy atom. The number of carbonyl (C=O) groups excluding carboxylic acids is 1. The Bertz CT molecular complexity index is 657. The van der Waals surface area contributed by atoms with Crippen molar-refractivity contribution in [3.8, 4) is 11.5 Å². The third-order valence-electron chi connectivity index (χ3n) is 3.02. The van der Waals surface area contributed by atoms with E-state index in [9.17, 15) is 4.79 Å². The second-order valence-corrected chi connectivity index (χ2v) is 4.59. The van der Waals surface area contributed by atoms with Gasteiger partial charge in [-0.25, -0.2) is 4.79 Å². The monoisotopic (exact) mass is 298 g/mol. The molecule has 0 aromatic heterocycles. The summed E-state index contributed by atoms with van der Waals surface area (Å²) < 4.78 is 10.5. The molecule has 0 aliphatic carbocycles. The van der Waals surface area contributed by atoms with E-state index in [1.807, 2.05) is 42.5 Å². The molecular formula is C17H18N2O3. The summed E-state index contributed by atoms with van der Waals surface area (Å²) in [5.41, 5.74) is 7.69. The van der Waals surface area contributed by atoms with Gasteiger partial charge < -0.3 is 20.5 Å². The smallest absolute Gasteiger partial charge is 0.316 e. The number of anilines is 1. The molecule has 0 spiro atoms. The lowest BCUT2D eigenvalue weighted by Gasteiger charge is -2.06. The average Bonchev–Trinajstić information content (AvgIpc) is 2.53. The van der Waals surface area contributed by atoms with E-state index in [4.69, 9.17) is 15.2 Å². The lowest BCUT2D eigenvalue weighted by atomic mass is 10.1. The van der Waals surface area contributed by atoms with E-state index in [2.05, 4.69) is 5.32 Å². The molecule has 114 valence electrons.